The second-order valence-electron chi connectivity index (χ2n) is 5.39. The maximum atomic E-state index is 12.7. The third-order valence-corrected chi connectivity index (χ3v) is 5.90. The lowest BCUT2D eigenvalue weighted by atomic mass is 10.0. The van der Waals surface area contributed by atoms with Crippen LogP contribution in [0.25, 0.3) is 0 Å². The predicted octanol–water partition coefficient (Wildman–Crippen LogP) is 4.74. The van der Waals surface area contributed by atoms with E-state index in [1.807, 2.05) is 32.0 Å². The number of nitrogens with one attached hydrogen (secondary N) is 1. The van der Waals surface area contributed by atoms with Crippen molar-refractivity contribution in [2.24, 2.45) is 0 Å². The molecule has 0 aromatic heterocycles. The van der Waals surface area contributed by atoms with Crippen LogP contribution in [0.2, 0.25) is 10.0 Å². The van der Waals surface area contributed by atoms with Crippen molar-refractivity contribution in [2.45, 2.75) is 31.2 Å². The molecule has 4 nitrogen and oxygen atoms in total. The number of halogens is 2. The molecule has 0 unspecified atom stereocenters. The number of rotatable bonds is 6. The Kier molecular flexibility index (Phi) is 6.15. The van der Waals surface area contributed by atoms with Crippen molar-refractivity contribution in [3.05, 3.63) is 57.6 Å². The maximum Gasteiger partial charge on any atom is 0.242 e. The van der Waals surface area contributed by atoms with Gasteiger partial charge in [-0.05, 0) is 48.7 Å². The Balaban J connectivity index is 2.35. The van der Waals surface area contributed by atoms with E-state index < -0.39 is 10.0 Å². The lowest BCUT2D eigenvalue weighted by Crippen LogP contribution is -2.28. The van der Waals surface area contributed by atoms with E-state index in [4.69, 9.17) is 27.9 Å². The summed E-state index contributed by atoms with van der Waals surface area (Å²) in [7, 11) is -2.20. The largest absolute Gasteiger partial charge is 0.496 e. The SMILES string of the molecule is CC[C@@H](NS(=O)(=O)c1cc(Cl)ccc1Cl)c1ccc(OC)c(C)c1. The van der Waals surface area contributed by atoms with Crippen molar-refractivity contribution in [1.82, 2.24) is 4.72 Å². The van der Waals surface area contributed by atoms with Crippen molar-refractivity contribution in [3.8, 4) is 5.75 Å². The molecule has 0 aliphatic rings. The van der Waals surface area contributed by atoms with Crippen molar-refractivity contribution in [2.75, 3.05) is 7.11 Å². The van der Waals surface area contributed by atoms with Crippen LogP contribution in [0, 0.1) is 6.92 Å². The van der Waals surface area contributed by atoms with Gasteiger partial charge in [-0.25, -0.2) is 13.1 Å². The third kappa shape index (κ3) is 4.22. The minimum atomic E-state index is -3.80. The Morgan fingerprint density at radius 1 is 1.17 bits per heavy atom. The van der Waals surface area contributed by atoms with Crippen LogP contribution in [0.3, 0.4) is 0 Å². The fourth-order valence-electron chi connectivity index (χ4n) is 2.44. The molecule has 2 aromatic carbocycles. The minimum Gasteiger partial charge on any atom is -0.496 e. The summed E-state index contributed by atoms with van der Waals surface area (Å²) in [6.07, 6.45) is 0.586. The molecule has 0 saturated carbocycles. The Morgan fingerprint density at radius 2 is 1.88 bits per heavy atom. The topological polar surface area (TPSA) is 55.4 Å². The Morgan fingerprint density at radius 3 is 2.46 bits per heavy atom. The number of benzene rings is 2. The highest BCUT2D eigenvalue weighted by atomic mass is 35.5. The standard InChI is InChI=1S/C17H19Cl2NO3S/c1-4-15(12-5-8-16(23-3)11(2)9-12)20-24(21,22)17-10-13(18)6-7-14(17)19/h5-10,15,20H,4H2,1-3H3/t15-/m1/s1. The van der Waals surface area contributed by atoms with Gasteiger partial charge in [0.25, 0.3) is 0 Å². The number of sulfonamides is 1. The van der Waals surface area contributed by atoms with Gasteiger partial charge in [0, 0.05) is 11.1 Å². The highest BCUT2D eigenvalue weighted by Gasteiger charge is 2.23. The molecular formula is C17H19Cl2NO3S. The monoisotopic (exact) mass is 387 g/mol. The van der Waals surface area contributed by atoms with Gasteiger partial charge in [-0.2, -0.15) is 0 Å². The summed E-state index contributed by atoms with van der Waals surface area (Å²) in [5.41, 5.74) is 1.80. The summed E-state index contributed by atoms with van der Waals surface area (Å²) < 4.78 is 33.3. The summed E-state index contributed by atoms with van der Waals surface area (Å²) in [4.78, 5) is -0.0275. The molecule has 0 spiro atoms. The summed E-state index contributed by atoms with van der Waals surface area (Å²) in [6.45, 7) is 3.82. The molecule has 0 aliphatic heterocycles. The van der Waals surface area contributed by atoms with E-state index in [-0.39, 0.29) is 16.0 Å². The second kappa shape index (κ2) is 7.74. The molecule has 0 saturated heterocycles. The zero-order chi connectivity index (χ0) is 17.9. The summed E-state index contributed by atoms with van der Waals surface area (Å²) in [6, 6.07) is 9.57. The molecule has 24 heavy (non-hydrogen) atoms. The molecule has 7 heteroatoms. The first-order valence-electron chi connectivity index (χ1n) is 7.40. The molecule has 2 aromatic rings. The van der Waals surface area contributed by atoms with Crippen LogP contribution in [0.1, 0.15) is 30.5 Å². The highest BCUT2D eigenvalue weighted by molar-refractivity contribution is 7.89. The third-order valence-electron chi connectivity index (χ3n) is 3.71. The molecule has 0 heterocycles. The smallest absolute Gasteiger partial charge is 0.242 e. The van der Waals surface area contributed by atoms with Crippen LogP contribution >= 0.6 is 23.2 Å². The van der Waals surface area contributed by atoms with Gasteiger partial charge >= 0.3 is 0 Å². The van der Waals surface area contributed by atoms with Crippen molar-refractivity contribution in [1.29, 1.82) is 0 Å². The molecule has 0 radical (unpaired) electrons. The fraction of sp³-hybridized carbons (Fsp3) is 0.294. The summed E-state index contributed by atoms with van der Waals surface area (Å²) in [5.74, 6) is 0.759. The average molecular weight is 388 g/mol. The molecule has 1 atom stereocenters. The van der Waals surface area contributed by atoms with E-state index in [1.165, 1.54) is 12.1 Å². The van der Waals surface area contributed by atoms with Crippen LogP contribution in [0.5, 0.6) is 5.75 Å². The number of hydrogen-bond donors (Lipinski definition) is 1. The van der Waals surface area contributed by atoms with Gasteiger partial charge in [0.2, 0.25) is 10.0 Å². The van der Waals surface area contributed by atoms with E-state index in [2.05, 4.69) is 4.72 Å². The summed E-state index contributed by atoms with van der Waals surface area (Å²) >= 11 is 11.9. The lowest BCUT2D eigenvalue weighted by molar-refractivity contribution is 0.411. The van der Waals surface area contributed by atoms with Crippen LogP contribution in [-0.2, 0) is 10.0 Å². The second-order valence-corrected chi connectivity index (χ2v) is 7.91. The normalized spacial score (nSPS) is 12.9. The molecule has 0 fully saturated rings. The van der Waals surface area contributed by atoms with E-state index >= 15 is 0 Å². The van der Waals surface area contributed by atoms with Crippen molar-refractivity contribution < 1.29 is 13.2 Å². The van der Waals surface area contributed by atoms with Gasteiger partial charge in [-0.3, -0.25) is 0 Å². The molecule has 0 aliphatic carbocycles. The molecule has 0 bridgehead atoms. The maximum absolute atomic E-state index is 12.7. The zero-order valence-corrected chi connectivity index (χ0v) is 16.0. The first kappa shape index (κ1) is 19.1. The Hall–Kier alpha value is -1.27. The van der Waals surface area contributed by atoms with Crippen molar-refractivity contribution >= 4 is 33.2 Å². The molecule has 130 valence electrons. The van der Waals surface area contributed by atoms with Gasteiger partial charge in [0.05, 0.1) is 12.1 Å². The number of methoxy groups -OCH3 is 1. The molecular weight excluding hydrogens is 369 g/mol. The van der Waals surface area contributed by atoms with E-state index in [1.54, 1.807) is 13.2 Å². The van der Waals surface area contributed by atoms with Gasteiger partial charge in [-0.1, -0.05) is 42.3 Å². The van der Waals surface area contributed by atoms with E-state index in [0.717, 1.165) is 16.9 Å². The first-order valence-corrected chi connectivity index (χ1v) is 9.64. The van der Waals surface area contributed by atoms with Crippen LogP contribution in [0.4, 0.5) is 0 Å². The fourth-order valence-corrected chi connectivity index (χ4v) is 4.51. The van der Waals surface area contributed by atoms with Gasteiger partial charge < -0.3 is 4.74 Å². The highest BCUT2D eigenvalue weighted by Crippen LogP contribution is 2.29. The predicted molar refractivity (Wildman–Crippen MR) is 97.5 cm³/mol. The molecule has 1 N–H and O–H groups in total. The lowest BCUT2D eigenvalue weighted by Gasteiger charge is -2.19. The quantitative estimate of drug-likeness (QED) is 0.778. The molecule has 0 amide bonds. The average Bonchev–Trinajstić information content (AvgIpc) is 2.54. The summed E-state index contributed by atoms with van der Waals surface area (Å²) in [5, 5.41) is 0.445. The van der Waals surface area contributed by atoms with Crippen LogP contribution in [0.15, 0.2) is 41.3 Å². The Bertz CT molecular complexity index is 838. The minimum absolute atomic E-state index is 0.0275. The van der Waals surface area contributed by atoms with Crippen LogP contribution in [-0.4, -0.2) is 15.5 Å². The number of hydrogen-bond acceptors (Lipinski definition) is 3. The zero-order valence-electron chi connectivity index (χ0n) is 13.6. The van der Waals surface area contributed by atoms with E-state index in [0.29, 0.717) is 11.4 Å². The molecule has 2 rings (SSSR count). The van der Waals surface area contributed by atoms with Gasteiger partial charge in [0.1, 0.15) is 10.6 Å². The number of aryl methyl sites for hydroxylation is 1. The first-order chi connectivity index (χ1) is 11.3. The van der Waals surface area contributed by atoms with Gasteiger partial charge in [0.15, 0.2) is 0 Å². The Labute approximate surface area is 152 Å². The van der Waals surface area contributed by atoms with Crippen molar-refractivity contribution in [3.63, 3.8) is 0 Å². The van der Waals surface area contributed by atoms with Gasteiger partial charge in [-0.15, -0.1) is 0 Å². The van der Waals surface area contributed by atoms with E-state index in [9.17, 15) is 8.42 Å². The number of ether oxygens (including phenoxy) is 1. The van der Waals surface area contributed by atoms with Crippen LogP contribution < -0.4 is 9.46 Å².